The molecule has 1 saturated carbocycles. The summed E-state index contributed by atoms with van der Waals surface area (Å²) in [6.07, 6.45) is 3.09. The van der Waals surface area contributed by atoms with Crippen molar-refractivity contribution >= 4 is 15.7 Å². The van der Waals surface area contributed by atoms with Gasteiger partial charge in [0.05, 0.1) is 4.90 Å². The molecule has 0 aliphatic heterocycles. The SMILES string of the molecule is CN(C1CCC([C@H](N)Cc2cc(F)ccc2F)CC1)S(=O)(=O)c1ccc(N)cc1. The third kappa shape index (κ3) is 4.94. The zero-order valence-corrected chi connectivity index (χ0v) is 17.2. The van der Waals surface area contributed by atoms with E-state index < -0.39 is 21.7 Å². The topological polar surface area (TPSA) is 89.4 Å². The molecule has 2 aromatic rings. The van der Waals surface area contributed by atoms with E-state index in [-0.39, 0.29) is 34.9 Å². The van der Waals surface area contributed by atoms with Crippen LogP contribution in [0.1, 0.15) is 31.2 Å². The summed E-state index contributed by atoms with van der Waals surface area (Å²) in [5.74, 6) is -0.793. The van der Waals surface area contributed by atoms with Crippen molar-refractivity contribution in [2.24, 2.45) is 11.7 Å². The van der Waals surface area contributed by atoms with Gasteiger partial charge in [-0.25, -0.2) is 17.2 Å². The van der Waals surface area contributed by atoms with Gasteiger partial charge >= 0.3 is 0 Å². The summed E-state index contributed by atoms with van der Waals surface area (Å²) in [6.45, 7) is 0. The van der Waals surface area contributed by atoms with Crippen LogP contribution in [0, 0.1) is 17.6 Å². The van der Waals surface area contributed by atoms with Crippen LogP contribution in [0.3, 0.4) is 0 Å². The van der Waals surface area contributed by atoms with E-state index in [1.54, 1.807) is 19.2 Å². The van der Waals surface area contributed by atoms with E-state index in [2.05, 4.69) is 0 Å². The number of anilines is 1. The van der Waals surface area contributed by atoms with Gasteiger partial charge in [0, 0.05) is 24.8 Å². The highest BCUT2D eigenvalue weighted by Gasteiger charge is 2.33. The van der Waals surface area contributed by atoms with Gasteiger partial charge in [0.15, 0.2) is 0 Å². The number of hydrogen-bond donors (Lipinski definition) is 2. The predicted octanol–water partition coefficient (Wildman–Crippen LogP) is 3.30. The molecule has 1 atom stereocenters. The summed E-state index contributed by atoms with van der Waals surface area (Å²) < 4.78 is 54.4. The fourth-order valence-electron chi connectivity index (χ4n) is 4.02. The highest BCUT2D eigenvalue weighted by atomic mass is 32.2. The van der Waals surface area contributed by atoms with Crippen molar-refractivity contribution in [2.45, 2.75) is 49.1 Å². The Bertz CT molecular complexity index is 943. The standard InChI is InChI=1S/C21H27F2N3O2S/c1-26(29(27,28)19-9-5-17(24)6-10-19)18-7-2-14(3-8-18)21(25)13-15-12-16(22)4-11-20(15)23/h4-6,9-12,14,18,21H,2-3,7-8,13,24-25H2,1H3/t14?,18?,21-/m1/s1. The Morgan fingerprint density at radius 3 is 2.31 bits per heavy atom. The van der Waals surface area contributed by atoms with Crippen LogP contribution >= 0.6 is 0 Å². The number of nitrogen functional groups attached to an aromatic ring is 1. The molecular formula is C21H27F2N3O2S. The third-order valence-electron chi connectivity index (χ3n) is 5.88. The van der Waals surface area contributed by atoms with Gasteiger partial charge in [0.25, 0.3) is 0 Å². The zero-order valence-electron chi connectivity index (χ0n) is 16.4. The van der Waals surface area contributed by atoms with E-state index in [1.165, 1.54) is 22.5 Å². The van der Waals surface area contributed by atoms with Crippen LogP contribution in [0.15, 0.2) is 47.4 Å². The van der Waals surface area contributed by atoms with Crippen LogP contribution in [-0.2, 0) is 16.4 Å². The molecule has 2 aromatic carbocycles. The largest absolute Gasteiger partial charge is 0.399 e. The number of halogens is 2. The van der Waals surface area contributed by atoms with Crippen molar-refractivity contribution in [1.82, 2.24) is 4.31 Å². The number of sulfonamides is 1. The molecule has 158 valence electrons. The molecule has 0 heterocycles. The molecule has 4 N–H and O–H groups in total. The molecule has 5 nitrogen and oxygen atoms in total. The highest BCUT2D eigenvalue weighted by Crippen LogP contribution is 2.32. The molecule has 1 aliphatic rings. The van der Waals surface area contributed by atoms with Crippen LogP contribution in [0.5, 0.6) is 0 Å². The lowest BCUT2D eigenvalue weighted by atomic mass is 9.80. The monoisotopic (exact) mass is 423 g/mol. The molecule has 0 amide bonds. The van der Waals surface area contributed by atoms with Gasteiger partial charge in [-0.1, -0.05) is 0 Å². The Labute approximate surface area is 170 Å². The number of benzene rings is 2. The normalized spacial score (nSPS) is 21.3. The fraction of sp³-hybridized carbons (Fsp3) is 0.429. The summed E-state index contributed by atoms with van der Waals surface area (Å²) in [6, 6.07) is 9.14. The maximum atomic E-state index is 13.9. The van der Waals surface area contributed by atoms with Gasteiger partial charge in [0.1, 0.15) is 11.6 Å². The lowest BCUT2D eigenvalue weighted by molar-refractivity contribution is 0.214. The molecule has 0 saturated heterocycles. The molecule has 0 bridgehead atoms. The van der Waals surface area contributed by atoms with Crippen molar-refractivity contribution in [3.8, 4) is 0 Å². The van der Waals surface area contributed by atoms with Crippen LogP contribution in [-0.4, -0.2) is 31.9 Å². The second-order valence-electron chi connectivity index (χ2n) is 7.76. The summed E-state index contributed by atoms with van der Waals surface area (Å²) in [4.78, 5) is 0.217. The highest BCUT2D eigenvalue weighted by molar-refractivity contribution is 7.89. The maximum absolute atomic E-state index is 13.9. The summed E-state index contributed by atoms with van der Waals surface area (Å²) in [5.41, 5.74) is 12.7. The Hall–Kier alpha value is -2.03. The van der Waals surface area contributed by atoms with Gasteiger partial charge in [0.2, 0.25) is 10.0 Å². The Morgan fingerprint density at radius 1 is 1.07 bits per heavy atom. The fourth-order valence-corrected chi connectivity index (χ4v) is 5.43. The quantitative estimate of drug-likeness (QED) is 0.698. The summed E-state index contributed by atoms with van der Waals surface area (Å²) >= 11 is 0. The molecular weight excluding hydrogens is 396 g/mol. The van der Waals surface area contributed by atoms with Crippen LogP contribution in [0.25, 0.3) is 0 Å². The first-order valence-corrected chi connectivity index (χ1v) is 11.2. The van der Waals surface area contributed by atoms with Crippen LogP contribution < -0.4 is 11.5 Å². The molecule has 0 radical (unpaired) electrons. The Kier molecular flexibility index (Phi) is 6.55. The first-order chi connectivity index (χ1) is 13.7. The third-order valence-corrected chi connectivity index (χ3v) is 7.81. The first-order valence-electron chi connectivity index (χ1n) is 9.71. The minimum absolute atomic E-state index is 0.119. The van der Waals surface area contributed by atoms with Gasteiger partial charge < -0.3 is 11.5 Å². The number of rotatable bonds is 6. The van der Waals surface area contributed by atoms with Crippen molar-refractivity contribution in [3.05, 3.63) is 59.7 Å². The smallest absolute Gasteiger partial charge is 0.243 e. The van der Waals surface area contributed by atoms with Crippen molar-refractivity contribution in [1.29, 1.82) is 0 Å². The van der Waals surface area contributed by atoms with E-state index in [1.807, 2.05) is 0 Å². The molecule has 3 rings (SSSR count). The van der Waals surface area contributed by atoms with E-state index in [4.69, 9.17) is 11.5 Å². The summed E-state index contributed by atoms with van der Waals surface area (Å²) in [5, 5.41) is 0. The van der Waals surface area contributed by atoms with Crippen molar-refractivity contribution < 1.29 is 17.2 Å². The Morgan fingerprint density at radius 2 is 1.69 bits per heavy atom. The molecule has 1 fully saturated rings. The van der Waals surface area contributed by atoms with Gasteiger partial charge in [-0.15, -0.1) is 0 Å². The summed E-state index contributed by atoms with van der Waals surface area (Å²) in [7, 11) is -2.00. The first kappa shape index (κ1) is 21.7. The average molecular weight is 424 g/mol. The van der Waals surface area contributed by atoms with E-state index in [0.717, 1.165) is 25.0 Å². The van der Waals surface area contributed by atoms with Gasteiger partial charge in [-0.2, -0.15) is 4.31 Å². The van der Waals surface area contributed by atoms with E-state index >= 15 is 0 Å². The van der Waals surface area contributed by atoms with Gasteiger partial charge in [-0.05, 0) is 86.1 Å². The maximum Gasteiger partial charge on any atom is 0.243 e. The molecule has 0 aromatic heterocycles. The van der Waals surface area contributed by atoms with Crippen molar-refractivity contribution in [2.75, 3.05) is 12.8 Å². The zero-order chi connectivity index (χ0) is 21.2. The lowest BCUT2D eigenvalue weighted by Gasteiger charge is -2.36. The number of nitrogens with zero attached hydrogens (tertiary/aromatic N) is 1. The lowest BCUT2D eigenvalue weighted by Crippen LogP contribution is -2.42. The predicted molar refractivity (Wildman–Crippen MR) is 110 cm³/mol. The molecule has 29 heavy (non-hydrogen) atoms. The van der Waals surface area contributed by atoms with Crippen molar-refractivity contribution in [3.63, 3.8) is 0 Å². The second-order valence-corrected chi connectivity index (χ2v) is 9.76. The number of nitrogens with two attached hydrogens (primary N) is 2. The second kappa shape index (κ2) is 8.77. The molecule has 1 aliphatic carbocycles. The van der Waals surface area contributed by atoms with Crippen LogP contribution in [0.2, 0.25) is 0 Å². The van der Waals surface area contributed by atoms with Crippen LogP contribution in [0.4, 0.5) is 14.5 Å². The molecule has 0 unspecified atom stereocenters. The minimum atomic E-state index is -3.60. The molecule has 8 heteroatoms. The van der Waals surface area contributed by atoms with E-state index in [9.17, 15) is 17.2 Å². The van der Waals surface area contributed by atoms with E-state index in [0.29, 0.717) is 18.5 Å². The minimum Gasteiger partial charge on any atom is -0.399 e. The Balaban J connectivity index is 1.60. The average Bonchev–Trinajstić information content (AvgIpc) is 2.70. The number of hydrogen-bond acceptors (Lipinski definition) is 4. The molecule has 0 spiro atoms. The van der Waals surface area contributed by atoms with Gasteiger partial charge in [-0.3, -0.25) is 0 Å².